The summed E-state index contributed by atoms with van der Waals surface area (Å²) < 4.78 is 33.2. The molecule has 0 aliphatic heterocycles. The lowest BCUT2D eigenvalue weighted by molar-refractivity contribution is -0.147. The summed E-state index contributed by atoms with van der Waals surface area (Å²) in [5.74, 6) is -3.21. The standard InChI is InChI=1S/C27H23F2N3O4/c28-19-10-11-21(20(29)16-19)31-25(33)17-36-26(34)13-12-23-27(35)32(15-14-18-6-2-1-3-7-18)24-9-5-4-8-22(24)30-23/h1-11,16H,12-15,17H2,(H,31,33). The van der Waals surface area contributed by atoms with Gasteiger partial charge in [0.2, 0.25) is 0 Å². The predicted octanol–water partition coefficient (Wildman–Crippen LogP) is 4.03. The number of ether oxygens (including phenoxy) is 1. The van der Waals surface area contributed by atoms with E-state index < -0.39 is 30.1 Å². The molecule has 3 aromatic carbocycles. The van der Waals surface area contributed by atoms with Crippen LogP contribution in [-0.4, -0.2) is 28.0 Å². The molecule has 0 aliphatic rings. The smallest absolute Gasteiger partial charge is 0.306 e. The SMILES string of the molecule is O=C(COC(=O)CCc1nc2ccccc2n(CCc2ccccc2)c1=O)Nc1ccc(F)cc1F. The van der Waals surface area contributed by atoms with Crippen molar-refractivity contribution in [3.05, 3.63) is 106 Å². The van der Waals surface area contributed by atoms with E-state index >= 15 is 0 Å². The zero-order valence-electron chi connectivity index (χ0n) is 19.2. The summed E-state index contributed by atoms with van der Waals surface area (Å²) >= 11 is 0. The van der Waals surface area contributed by atoms with Gasteiger partial charge in [0.25, 0.3) is 11.5 Å². The molecule has 0 fully saturated rings. The number of hydrogen-bond acceptors (Lipinski definition) is 5. The number of nitrogens with zero attached hydrogens (tertiary/aromatic N) is 2. The van der Waals surface area contributed by atoms with Crippen molar-refractivity contribution < 1.29 is 23.1 Å². The Kier molecular flexibility index (Phi) is 7.79. The van der Waals surface area contributed by atoms with Crippen LogP contribution in [0, 0.1) is 11.6 Å². The Bertz CT molecular complexity index is 1450. The zero-order valence-corrected chi connectivity index (χ0v) is 19.2. The zero-order chi connectivity index (χ0) is 25.5. The quantitative estimate of drug-likeness (QED) is 0.357. The number of hydrogen-bond donors (Lipinski definition) is 1. The third-order valence-electron chi connectivity index (χ3n) is 5.52. The van der Waals surface area contributed by atoms with E-state index in [9.17, 15) is 23.2 Å². The molecule has 9 heteroatoms. The Hall–Kier alpha value is -4.40. The van der Waals surface area contributed by atoms with Crippen LogP contribution in [-0.2, 0) is 33.7 Å². The van der Waals surface area contributed by atoms with Gasteiger partial charge in [0.1, 0.15) is 17.3 Å². The first-order valence-corrected chi connectivity index (χ1v) is 11.3. The first-order chi connectivity index (χ1) is 17.4. The Morgan fingerprint density at radius 2 is 1.69 bits per heavy atom. The van der Waals surface area contributed by atoms with Gasteiger partial charge in [0, 0.05) is 19.0 Å². The van der Waals surface area contributed by atoms with E-state index in [0.29, 0.717) is 30.1 Å². The van der Waals surface area contributed by atoms with Crippen LogP contribution in [0.5, 0.6) is 0 Å². The van der Waals surface area contributed by atoms with E-state index in [1.165, 1.54) is 0 Å². The largest absolute Gasteiger partial charge is 0.456 e. The number of amides is 1. The van der Waals surface area contributed by atoms with Crippen LogP contribution in [0.15, 0.2) is 77.6 Å². The molecule has 1 heterocycles. The second-order valence-corrected chi connectivity index (χ2v) is 8.07. The second-order valence-electron chi connectivity index (χ2n) is 8.07. The van der Waals surface area contributed by atoms with Gasteiger partial charge in [-0.25, -0.2) is 13.8 Å². The summed E-state index contributed by atoms with van der Waals surface area (Å²) in [7, 11) is 0. The normalized spacial score (nSPS) is 10.8. The van der Waals surface area contributed by atoms with E-state index in [1.54, 1.807) is 10.6 Å². The maximum absolute atomic E-state index is 13.6. The molecular formula is C27H23F2N3O4. The number of fused-ring (bicyclic) bond motifs is 1. The Morgan fingerprint density at radius 3 is 2.47 bits per heavy atom. The van der Waals surface area contributed by atoms with Crippen molar-refractivity contribution in [3.8, 4) is 0 Å². The fourth-order valence-corrected chi connectivity index (χ4v) is 3.73. The monoisotopic (exact) mass is 491 g/mol. The van der Waals surface area contributed by atoms with Gasteiger partial charge in [-0.1, -0.05) is 42.5 Å². The number of esters is 1. The minimum absolute atomic E-state index is 0.0298. The number of anilines is 1. The first kappa shape index (κ1) is 24.7. The van der Waals surface area contributed by atoms with Crippen LogP contribution in [0.2, 0.25) is 0 Å². The van der Waals surface area contributed by atoms with Crippen molar-refractivity contribution in [1.29, 1.82) is 0 Å². The molecule has 0 saturated carbocycles. The maximum atomic E-state index is 13.6. The van der Waals surface area contributed by atoms with Gasteiger partial charge in [-0.2, -0.15) is 0 Å². The van der Waals surface area contributed by atoms with Gasteiger partial charge >= 0.3 is 5.97 Å². The molecule has 0 unspecified atom stereocenters. The Balaban J connectivity index is 1.39. The van der Waals surface area contributed by atoms with Crippen molar-refractivity contribution in [2.75, 3.05) is 11.9 Å². The molecule has 0 saturated heterocycles. The molecule has 0 spiro atoms. The minimum Gasteiger partial charge on any atom is -0.456 e. The van der Waals surface area contributed by atoms with E-state index in [4.69, 9.17) is 4.74 Å². The highest BCUT2D eigenvalue weighted by atomic mass is 19.1. The molecular weight excluding hydrogens is 468 g/mol. The Labute approximate surface area is 205 Å². The number of carbonyl (C=O) groups excluding carboxylic acids is 2. The molecule has 184 valence electrons. The molecule has 0 radical (unpaired) electrons. The number of benzene rings is 3. The van der Waals surface area contributed by atoms with E-state index in [-0.39, 0.29) is 29.8 Å². The summed E-state index contributed by atoms with van der Waals surface area (Å²) in [5, 5.41) is 2.21. The van der Waals surface area contributed by atoms with Crippen LogP contribution in [0.25, 0.3) is 11.0 Å². The lowest BCUT2D eigenvalue weighted by Gasteiger charge is -2.12. The first-order valence-electron chi connectivity index (χ1n) is 11.3. The molecule has 0 atom stereocenters. The second kappa shape index (κ2) is 11.4. The molecule has 1 amide bonds. The van der Waals surface area contributed by atoms with Gasteiger partial charge in [0.15, 0.2) is 6.61 Å². The highest BCUT2D eigenvalue weighted by Crippen LogP contribution is 2.15. The van der Waals surface area contributed by atoms with Gasteiger partial charge in [-0.05, 0) is 36.2 Å². The summed E-state index contributed by atoms with van der Waals surface area (Å²) in [4.78, 5) is 41.7. The number of para-hydroxylation sites is 2. The number of carbonyl (C=O) groups is 2. The van der Waals surface area contributed by atoms with E-state index in [0.717, 1.165) is 17.7 Å². The van der Waals surface area contributed by atoms with Crippen LogP contribution < -0.4 is 10.9 Å². The van der Waals surface area contributed by atoms with E-state index in [2.05, 4.69) is 10.3 Å². The number of nitrogens with one attached hydrogen (secondary N) is 1. The third-order valence-corrected chi connectivity index (χ3v) is 5.52. The van der Waals surface area contributed by atoms with Gasteiger partial charge in [-0.15, -0.1) is 0 Å². The molecule has 1 N–H and O–H groups in total. The molecule has 1 aromatic heterocycles. The number of aromatic nitrogens is 2. The third kappa shape index (κ3) is 6.18. The fourth-order valence-electron chi connectivity index (χ4n) is 3.73. The molecule has 7 nitrogen and oxygen atoms in total. The van der Waals surface area contributed by atoms with Crippen molar-refractivity contribution in [1.82, 2.24) is 9.55 Å². The topological polar surface area (TPSA) is 90.3 Å². The highest BCUT2D eigenvalue weighted by Gasteiger charge is 2.15. The average molecular weight is 491 g/mol. The van der Waals surface area contributed by atoms with Gasteiger partial charge in [-0.3, -0.25) is 14.4 Å². The summed E-state index contributed by atoms with van der Waals surface area (Å²) in [6, 6.07) is 19.8. The van der Waals surface area contributed by atoms with Crippen molar-refractivity contribution in [2.24, 2.45) is 0 Å². The predicted molar refractivity (Wildman–Crippen MR) is 130 cm³/mol. The number of halogens is 2. The molecule has 36 heavy (non-hydrogen) atoms. The summed E-state index contributed by atoms with van der Waals surface area (Å²) in [6.45, 7) is -0.203. The number of aryl methyl sites for hydroxylation is 3. The van der Waals surface area contributed by atoms with Crippen molar-refractivity contribution >= 4 is 28.6 Å². The van der Waals surface area contributed by atoms with Gasteiger partial charge < -0.3 is 14.6 Å². The van der Waals surface area contributed by atoms with Crippen molar-refractivity contribution in [2.45, 2.75) is 25.8 Å². The highest BCUT2D eigenvalue weighted by molar-refractivity contribution is 5.92. The Morgan fingerprint density at radius 1 is 0.944 bits per heavy atom. The van der Waals surface area contributed by atoms with Crippen LogP contribution in [0.1, 0.15) is 17.7 Å². The summed E-state index contributed by atoms with van der Waals surface area (Å²) in [6.07, 6.45) is 0.513. The van der Waals surface area contributed by atoms with Crippen LogP contribution >= 0.6 is 0 Å². The number of rotatable bonds is 9. The van der Waals surface area contributed by atoms with E-state index in [1.807, 2.05) is 48.5 Å². The summed E-state index contributed by atoms with van der Waals surface area (Å²) in [5.41, 5.74) is 2.13. The fraction of sp³-hybridized carbons (Fsp3) is 0.185. The lowest BCUT2D eigenvalue weighted by Crippen LogP contribution is -2.27. The average Bonchev–Trinajstić information content (AvgIpc) is 2.88. The molecule has 0 aliphatic carbocycles. The molecule has 4 rings (SSSR count). The maximum Gasteiger partial charge on any atom is 0.306 e. The van der Waals surface area contributed by atoms with Crippen LogP contribution in [0.4, 0.5) is 14.5 Å². The molecule has 0 bridgehead atoms. The minimum atomic E-state index is -0.944. The van der Waals surface area contributed by atoms with Crippen LogP contribution in [0.3, 0.4) is 0 Å². The lowest BCUT2D eigenvalue weighted by atomic mass is 10.1. The van der Waals surface area contributed by atoms with Gasteiger partial charge in [0.05, 0.1) is 23.1 Å². The molecule has 4 aromatic rings. The van der Waals surface area contributed by atoms with Crippen molar-refractivity contribution in [3.63, 3.8) is 0 Å².